The molecule has 0 aromatic heterocycles. The number of sulfonamides is 1. The van der Waals surface area contributed by atoms with Crippen molar-refractivity contribution in [3.05, 3.63) is 28.7 Å². The Labute approximate surface area is 117 Å². The molecule has 0 N–H and O–H groups in total. The van der Waals surface area contributed by atoms with Gasteiger partial charge in [0.1, 0.15) is 0 Å². The predicted octanol–water partition coefficient (Wildman–Crippen LogP) is 3.26. The molecule has 2 rings (SSSR count). The lowest BCUT2D eigenvalue weighted by atomic mass is 9.95. The minimum atomic E-state index is -3.34. The van der Waals surface area contributed by atoms with Crippen molar-refractivity contribution in [2.75, 3.05) is 6.54 Å². The Balaban J connectivity index is 2.28. The van der Waals surface area contributed by atoms with Crippen LogP contribution in [0.4, 0.5) is 0 Å². The van der Waals surface area contributed by atoms with Crippen molar-refractivity contribution in [3.63, 3.8) is 0 Å². The molecule has 0 saturated carbocycles. The Morgan fingerprint density at radius 3 is 2.39 bits per heavy atom. The van der Waals surface area contributed by atoms with Crippen LogP contribution in [0.15, 0.2) is 33.6 Å². The number of benzene rings is 1. The molecule has 5 heteroatoms. The first-order valence-corrected chi connectivity index (χ1v) is 8.42. The zero-order chi connectivity index (χ0) is 13.3. The van der Waals surface area contributed by atoms with E-state index >= 15 is 0 Å². The molecule has 0 radical (unpaired) electrons. The summed E-state index contributed by atoms with van der Waals surface area (Å²) in [7, 11) is -3.34. The van der Waals surface area contributed by atoms with Crippen molar-refractivity contribution in [3.8, 4) is 0 Å². The van der Waals surface area contributed by atoms with Gasteiger partial charge in [0.15, 0.2) is 0 Å². The van der Waals surface area contributed by atoms with E-state index < -0.39 is 10.0 Å². The normalized spacial score (nSPS) is 26.2. The summed E-state index contributed by atoms with van der Waals surface area (Å²) in [5.41, 5.74) is 0. The summed E-state index contributed by atoms with van der Waals surface area (Å²) in [5, 5.41) is 0. The molecule has 18 heavy (non-hydrogen) atoms. The largest absolute Gasteiger partial charge is 0.243 e. The van der Waals surface area contributed by atoms with Crippen molar-refractivity contribution >= 4 is 26.0 Å². The molecule has 0 aliphatic carbocycles. The van der Waals surface area contributed by atoms with Gasteiger partial charge in [-0.3, -0.25) is 0 Å². The molecule has 1 aliphatic heterocycles. The van der Waals surface area contributed by atoms with Gasteiger partial charge < -0.3 is 0 Å². The highest BCUT2D eigenvalue weighted by Gasteiger charge is 2.32. The van der Waals surface area contributed by atoms with Crippen molar-refractivity contribution in [1.82, 2.24) is 4.31 Å². The van der Waals surface area contributed by atoms with Gasteiger partial charge in [0.25, 0.3) is 0 Å². The molecular formula is C13H18BrNO2S. The van der Waals surface area contributed by atoms with Crippen LogP contribution in [0.5, 0.6) is 0 Å². The molecule has 2 unspecified atom stereocenters. The smallest absolute Gasteiger partial charge is 0.207 e. The third-order valence-corrected chi connectivity index (χ3v) is 6.05. The third kappa shape index (κ3) is 2.78. The number of piperidine rings is 1. The third-order valence-electron chi connectivity index (χ3n) is 3.50. The van der Waals surface area contributed by atoms with Crippen molar-refractivity contribution in [2.24, 2.45) is 5.92 Å². The Bertz CT molecular complexity index is 512. The van der Waals surface area contributed by atoms with Crippen LogP contribution in [-0.4, -0.2) is 25.3 Å². The fourth-order valence-electron chi connectivity index (χ4n) is 2.48. The van der Waals surface area contributed by atoms with E-state index in [1.807, 2.05) is 6.92 Å². The monoisotopic (exact) mass is 331 g/mol. The summed E-state index contributed by atoms with van der Waals surface area (Å²) in [6.45, 7) is 4.80. The van der Waals surface area contributed by atoms with Gasteiger partial charge in [-0.15, -0.1) is 0 Å². The lowest BCUT2D eigenvalue weighted by molar-refractivity contribution is 0.220. The second-order valence-electron chi connectivity index (χ2n) is 5.05. The first kappa shape index (κ1) is 14.0. The number of hydrogen-bond acceptors (Lipinski definition) is 2. The summed E-state index contributed by atoms with van der Waals surface area (Å²) in [6, 6.07) is 6.94. The van der Waals surface area contributed by atoms with E-state index in [0.717, 1.165) is 17.3 Å². The highest BCUT2D eigenvalue weighted by molar-refractivity contribution is 9.10. The van der Waals surface area contributed by atoms with E-state index in [1.165, 1.54) is 0 Å². The van der Waals surface area contributed by atoms with Crippen molar-refractivity contribution in [1.29, 1.82) is 0 Å². The fourth-order valence-corrected chi connectivity index (χ4v) is 4.41. The molecule has 2 atom stereocenters. The molecule has 3 nitrogen and oxygen atoms in total. The van der Waals surface area contributed by atoms with E-state index in [1.54, 1.807) is 28.6 Å². The van der Waals surface area contributed by atoms with Crippen molar-refractivity contribution < 1.29 is 8.42 Å². The Kier molecular flexibility index (Phi) is 4.14. The molecule has 1 heterocycles. The van der Waals surface area contributed by atoms with Gasteiger partial charge in [0.2, 0.25) is 10.0 Å². The SMILES string of the molecule is CC1CCN(S(=O)(=O)c2ccc(Br)cc2)C(C)C1. The number of rotatable bonds is 2. The maximum Gasteiger partial charge on any atom is 0.243 e. The van der Waals surface area contributed by atoms with Crippen LogP contribution in [-0.2, 0) is 10.0 Å². The number of hydrogen-bond donors (Lipinski definition) is 0. The Morgan fingerprint density at radius 1 is 1.22 bits per heavy atom. The van der Waals surface area contributed by atoms with Crippen LogP contribution >= 0.6 is 15.9 Å². The van der Waals surface area contributed by atoms with Crippen LogP contribution in [0, 0.1) is 5.92 Å². The van der Waals surface area contributed by atoms with Crippen LogP contribution < -0.4 is 0 Å². The Morgan fingerprint density at radius 2 is 1.83 bits per heavy atom. The van der Waals surface area contributed by atoms with E-state index in [4.69, 9.17) is 0 Å². The molecule has 1 aromatic carbocycles. The molecular weight excluding hydrogens is 314 g/mol. The molecule has 100 valence electrons. The summed E-state index contributed by atoms with van der Waals surface area (Å²) >= 11 is 3.32. The van der Waals surface area contributed by atoms with E-state index in [9.17, 15) is 8.42 Å². The lowest BCUT2D eigenvalue weighted by Crippen LogP contribution is -2.44. The molecule has 0 spiro atoms. The number of nitrogens with zero attached hydrogens (tertiary/aromatic N) is 1. The molecule has 1 saturated heterocycles. The first-order valence-electron chi connectivity index (χ1n) is 6.18. The molecule has 1 fully saturated rings. The predicted molar refractivity (Wildman–Crippen MR) is 75.9 cm³/mol. The molecule has 1 aliphatic rings. The van der Waals surface area contributed by atoms with Crippen LogP contribution in [0.1, 0.15) is 26.7 Å². The summed E-state index contributed by atoms with van der Waals surface area (Å²) in [6.07, 6.45) is 1.88. The zero-order valence-electron chi connectivity index (χ0n) is 10.6. The summed E-state index contributed by atoms with van der Waals surface area (Å²) < 4.78 is 27.6. The van der Waals surface area contributed by atoms with Gasteiger partial charge in [0, 0.05) is 17.1 Å². The van der Waals surface area contributed by atoms with E-state index in [2.05, 4.69) is 22.9 Å². The van der Waals surface area contributed by atoms with Crippen LogP contribution in [0.3, 0.4) is 0 Å². The van der Waals surface area contributed by atoms with Crippen LogP contribution in [0.25, 0.3) is 0 Å². The molecule has 1 aromatic rings. The minimum Gasteiger partial charge on any atom is -0.207 e. The zero-order valence-corrected chi connectivity index (χ0v) is 13.0. The first-order chi connectivity index (χ1) is 8.41. The Hall–Kier alpha value is -0.390. The highest BCUT2D eigenvalue weighted by Crippen LogP contribution is 2.28. The van der Waals surface area contributed by atoms with Gasteiger partial charge in [-0.05, 0) is 49.9 Å². The minimum absolute atomic E-state index is 0.0856. The summed E-state index contributed by atoms with van der Waals surface area (Å²) in [5.74, 6) is 0.608. The second-order valence-corrected chi connectivity index (χ2v) is 7.85. The fraction of sp³-hybridized carbons (Fsp3) is 0.538. The van der Waals surface area contributed by atoms with Gasteiger partial charge in [-0.25, -0.2) is 8.42 Å². The molecule has 0 amide bonds. The number of halogens is 1. The standard InChI is InChI=1S/C13H18BrNO2S/c1-10-7-8-15(11(2)9-10)18(16,17)13-5-3-12(14)4-6-13/h3-6,10-11H,7-9H2,1-2H3. The molecule has 0 bridgehead atoms. The van der Waals surface area contributed by atoms with E-state index in [0.29, 0.717) is 17.4 Å². The second kappa shape index (κ2) is 5.31. The van der Waals surface area contributed by atoms with Gasteiger partial charge in [-0.2, -0.15) is 4.31 Å². The van der Waals surface area contributed by atoms with Gasteiger partial charge in [0.05, 0.1) is 4.90 Å². The van der Waals surface area contributed by atoms with Crippen LogP contribution in [0.2, 0.25) is 0 Å². The van der Waals surface area contributed by atoms with E-state index in [-0.39, 0.29) is 6.04 Å². The average molecular weight is 332 g/mol. The maximum atomic E-state index is 12.5. The van der Waals surface area contributed by atoms with Gasteiger partial charge >= 0.3 is 0 Å². The maximum absolute atomic E-state index is 12.5. The average Bonchev–Trinajstić information content (AvgIpc) is 2.29. The quantitative estimate of drug-likeness (QED) is 0.834. The van der Waals surface area contributed by atoms with Gasteiger partial charge in [-0.1, -0.05) is 22.9 Å². The lowest BCUT2D eigenvalue weighted by Gasteiger charge is -2.35. The topological polar surface area (TPSA) is 37.4 Å². The van der Waals surface area contributed by atoms with Crippen molar-refractivity contribution in [2.45, 2.75) is 37.6 Å². The highest BCUT2D eigenvalue weighted by atomic mass is 79.9. The summed E-state index contributed by atoms with van der Waals surface area (Å²) in [4.78, 5) is 0.382.